The van der Waals surface area contributed by atoms with E-state index in [-0.39, 0.29) is 6.04 Å². The van der Waals surface area contributed by atoms with Gasteiger partial charge in [-0.2, -0.15) is 0 Å². The predicted molar refractivity (Wildman–Crippen MR) is 80.4 cm³/mol. The average Bonchev–Trinajstić information content (AvgIpc) is 2.46. The molecular formula is C15H26N4. The highest BCUT2D eigenvalue weighted by Crippen LogP contribution is 2.22. The fraction of sp³-hybridized carbons (Fsp3) is 0.667. The number of piperidine rings is 1. The fourth-order valence-electron chi connectivity index (χ4n) is 2.63. The Balaban J connectivity index is 2.01. The Kier molecular flexibility index (Phi) is 4.77. The van der Waals surface area contributed by atoms with E-state index in [9.17, 15) is 0 Å². The minimum atomic E-state index is 0.0580. The SMILES string of the molecule is CC[C@@H](N)c1ccc(N(C)C2CCN(C)CC2)cn1. The maximum absolute atomic E-state index is 6.00. The summed E-state index contributed by atoms with van der Waals surface area (Å²) in [7, 11) is 4.37. The van der Waals surface area contributed by atoms with Crippen molar-refractivity contribution < 1.29 is 0 Å². The van der Waals surface area contributed by atoms with Gasteiger partial charge in [-0.25, -0.2) is 0 Å². The van der Waals surface area contributed by atoms with Crippen LogP contribution in [0.1, 0.15) is 37.9 Å². The molecule has 1 aromatic rings. The number of nitrogens with two attached hydrogens (primary N) is 1. The standard InChI is InChI=1S/C15H26N4/c1-4-14(16)15-6-5-13(11-17-15)19(3)12-7-9-18(2)10-8-12/h5-6,11-12,14H,4,7-10,16H2,1-3H3/t14-/m1/s1. The van der Waals surface area contributed by atoms with Crippen LogP contribution in [0.3, 0.4) is 0 Å². The molecule has 1 aliphatic heterocycles. The van der Waals surface area contributed by atoms with Gasteiger partial charge in [0.2, 0.25) is 0 Å². The van der Waals surface area contributed by atoms with Crippen molar-refractivity contribution in [3.05, 3.63) is 24.0 Å². The summed E-state index contributed by atoms with van der Waals surface area (Å²) < 4.78 is 0. The first kappa shape index (κ1) is 14.3. The van der Waals surface area contributed by atoms with Gasteiger partial charge in [-0.15, -0.1) is 0 Å². The van der Waals surface area contributed by atoms with E-state index < -0.39 is 0 Å². The Labute approximate surface area is 116 Å². The van der Waals surface area contributed by atoms with E-state index in [1.807, 2.05) is 6.20 Å². The van der Waals surface area contributed by atoms with E-state index in [0.717, 1.165) is 12.1 Å². The van der Waals surface area contributed by atoms with Crippen LogP contribution in [0.4, 0.5) is 5.69 Å². The number of likely N-dealkylation sites (tertiary alicyclic amines) is 1. The Morgan fingerprint density at radius 1 is 1.42 bits per heavy atom. The second-order valence-corrected chi connectivity index (χ2v) is 5.60. The molecule has 1 saturated heterocycles. The zero-order chi connectivity index (χ0) is 13.8. The molecule has 19 heavy (non-hydrogen) atoms. The summed E-state index contributed by atoms with van der Waals surface area (Å²) in [6, 6.07) is 4.90. The molecule has 4 nitrogen and oxygen atoms in total. The number of rotatable bonds is 4. The highest BCUT2D eigenvalue weighted by Gasteiger charge is 2.21. The lowest BCUT2D eigenvalue weighted by molar-refractivity contribution is 0.253. The van der Waals surface area contributed by atoms with Gasteiger partial charge in [0.1, 0.15) is 0 Å². The van der Waals surface area contributed by atoms with Crippen molar-refractivity contribution in [2.24, 2.45) is 5.73 Å². The van der Waals surface area contributed by atoms with Crippen LogP contribution in [0.5, 0.6) is 0 Å². The van der Waals surface area contributed by atoms with E-state index in [1.165, 1.54) is 31.6 Å². The molecule has 1 atom stereocenters. The summed E-state index contributed by atoms with van der Waals surface area (Å²) in [4.78, 5) is 9.26. The molecular weight excluding hydrogens is 236 g/mol. The summed E-state index contributed by atoms with van der Waals surface area (Å²) in [6.07, 6.45) is 5.34. The van der Waals surface area contributed by atoms with Crippen molar-refractivity contribution in [1.29, 1.82) is 0 Å². The van der Waals surface area contributed by atoms with Crippen molar-refractivity contribution in [3.63, 3.8) is 0 Å². The highest BCUT2D eigenvalue weighted by atomic mass is 15.2. The number of nitrogens with zero attached hydrogens (tertiary/aromatic N) is 3. The van der Waals surface area contributed by atoms with E-state index in [1.54, 1.807) is 0 Å². The maximum Gasteiger partial charge on any atom is 0.0572 e. The third-order valence-electron chi connectivity index (χ3n) is 4.23. The van der Waals surface area contributed by atoms with Crippen molar-refractivity contribution in [1.82, 2.24) is 9.88 Å². The van der Waals surface area contributed by atoms with Crippen molar-refractivity contribution >= 4 is 5.69 Å². The number of aromatic nitrogens is 1. The van der Waals surface area contributed by atoms with Gasteiger partial charge in [-0.05, 0) is 51.5 Å². The number of pyridine rings is 1. The third-order valence-corrected chi connectivity index (χ3v) is 4.23. The smallest absolute Gasteiger partial charge is 0.0572 e. The van der Waals surface area contributed by atoms with Gasteiger partial charge in [0.15, 0.2) is 0 Å². The molecule has 2 heterocycles. The second-order valence-electron chi connectivity index (χ2n) is 5.60. The van der Waals surface area contributed by atoms with E-state index in [2.05, 4.69) is 47.9 Å². The van der Waals surface area contributed by atoms with Gasteiger partial charge < -0.3 is 15.5 Å². The number of anilines is 1. The minimum Gasteiger partial charge on any atom is -0.370 e. The molecule has 0 unspecified atom stereocenters. The molecule has 1 aromatic heterocycles. The average molecular weight is 262 g/mol. The van der Waals surface area contributed by atoms with Crippen LogP contribution in [0.2, 0.25) is 0 Å². The number of hydrogen-bond donors (Lipinski definition) is 1. The summed E-state index contributed by atoms with van der Waals surface area (Å²) in [5.74, 6) is 0. The van der Waals surface area contributed by atoms with E-state index >= 15 is 0 Å². The molecule has 0 saturated carbocycles. The molecule has 1 aliphatic rings. The third kappa shape index (κ3) is 3.45. The van der Waals surface area contributed by atoms with Gasteiger partial charge in [0, 0.05) is 19.1 Å². The lowest BCUT2D eigenvalue weighted by Crippen LogP contribution is -2.42. The molecule has 0 spiro atoms. The molecule has 0 aliphatic carbocycles. The Morgan fingerprint density at radius 3 is 2.63 bits per heavy atom. The van der Waals surface area contributed by atoms with E-state index in [0.29, 0.717) is 6.04 Å². The molecule has 4 heteroatoms. The van der Waals surface area contributed by atoms with Crippen LogP contribution < -0.4 is 10.6 Å². The fourth-order valence-corrected chi connectivity index (χ4v) is 2.63. The van der Waals surface area contributed by atoms with Crippen LogP contribution in [-0.4, -0.2) is 43.1 Å². The Hall–Kier alpha value is -1.13. The molecule has 0 radical (unpaired) electrons. The molecule has 0 bridgehead atoms. The van der Waals surface area contributed by atoms with Crippen molar-refractivity contribution in [2.75, 3.05) is 32.1 Å². The quantitative estimate of drug-likeness (QED) is 0.902. The lowest BCUT2D eigenvalue weighted by atomic mass is 10.0. The van der Waals surface area contributed by atoms with Gasteiger partial charge in [0.25, 0.3) is 0 Å². The van der Waals surface area contributed by atoms with Crippen molar-refractivity contribution in [3.8, 4) is 0 Å². The first-order chi connectivity index (χ1) is 9.11. The normalized spacial score (nSPS) is 19.4. The maximum atomic E-state index is 6.00. The topological polar surface area (TPSA) is 45.4 Å². The zero-order valence-electron chi connectivity index (χ0n) is 12.3. The van der Waals surface area contributed by atoms with Gasteiger partial charge >= 0.3 is 0 Å². The first-order valence-electron chi connectivity index (χ1n) is 7.24. The van der Waals surface area contributed by atoms with E-state index in [4.69, 9.17) is 5.73 Å². The van der Waals surface area contributed by atoms with Crippen LogP contribution in [-0.2, 0) is 0 Å². The zero-order valence-corrected chi connectivity index (χ0v) is 12.3. The lowest BCUT2D eigenvalue weighted by Gasteiger charge is -2.36. The monoisotopic (exact) mass is 262 g/mol. The van der Waals surface area contributed by atoms with Gasteiger partial charge in [-0.3, -0.25) is 4.98 Å². The van der Waals surface area contributed by atoms with Gasteiger partial charge in [0.05, 0.1) is 17.6 Å². The highest BCUT2D eigenvalue weighted by molar-refractivity contribution is 5.45. The van der Waals surface area contributed by atoms with Gasteiger partial charge in [-0.1, -0.05) is 6.92 Å². The first-order valence-corrected chi connectivity index (χ1v) is 7.24. The largest absolute Gasteiger partial charge is 0.370 e. The van der Waals surface area contributed by atoms with Crippen LogP contribution >= 0.6 is 0 Å². The second kappa shape index (κ2) is 6.35. The number of hydrogen-bond acceptors (Lipinski definition) is 4. The molecule has 1 fully saturated rings. The van der Waals surface area contributed by atoms with Crippen molar-refractivity contribution in [2.45, 2.75) is 38.3 Å². The molecule has 106 valence electrons. The van der Waals surface area contributed by atoms with Crippen LogP contribution in [0, 0.1) is 0 Å². The molecule has 0 aromatic carbocycles. The summed E-state index contributed by atoms with van der Waals surface area (Å²) in [6.45, 7) is 4.45. The van der Waals surface area contributed by atoms with Crippen LogP contribution in [0.15, 0.2) is 18.3 Å². The van der Waals surface area contributed by atoms with Crippen LogP contribution in [0.25, 0.3) is 0 Å². The summed E-state index contributed by atoms with van der Waals surface area (Å²) >= 11 is 0. The summed E-state index contributed by atoms with van der Waals surface area (Å²) in [5, 5.41) is 0. The summed E-state index contributed by atoms with van der Waals surface area (Å²) in [5.41, 5.74) is 8.18. The minimum absolute atomic E-state index is 0.0580. The predicted octanol–water partition coefficient (Wildman–Crippen LogP) is 2.02. The Morgan fingerprint density at radius 2 is 2.11 bits per heavy atom. The molecule has 2 rings (SSSR count). The molecule has 0 amide bonds. The molecule has 2 N–H and O–H groups in total. The Bertz CT molecular complexity index is 382.